The molecule has 4 rings (SSSR count). The van der Waals surface area contributed by atoms with E-state index in [1.807, 2.05) is 20.8 Å². The van der Waals surface area contributed by atoms with Crippen LogP contribution in [0.15, 0.2) is 25.3 Å². The van der Waals surface area contributed by atoms with Gasteiger partial charge < -0.3 is 19.8 Å². The number of rotatable bonds is 15. The van der Waals surface area contributed by atoms with Gasteiger partial charge in [-0.15, -0.1) is 24.9 Å². The van der Waals surface area contributed by atoms with E-state index in [0.29, 0.717) is 26.2 Å². The van der Waals surface area contributed by atoms with Gasteiger partial charge in [0.2, 0.25) is 17.7 Å². The van der Waals surface area contributed by atoms with Gasteiger partial charge in [-0.05, 0) is 51.9 Å². The highest BCUT2D eigenvalue weighted by Crippen LogP contribution is 2.71. The first-order valence-electron chi connectivity index (χ1n) is 15.7. The van der Waals surface area contributed by atoms with Crippen molar-refractivity contribution in [2.24, 2.45) is 11.8 Å². The van der Waals surface area contributed by atoms with Crippen LogP contribution >= 0.6 is 11.8 Å². The number of likely N-dealkylation sites (tertiary alicyclic amines) is 1. The van der Waals surface area contributed by atoms with E-state index in [1.54, 1.807) is 17.8 Å². The minimum Gasteiger partial charge on any atom is -0.396 e. The SMILES string of the molecule is C=CCN(CCC)C(=O)[C@H]1[C@H]2C(=O)N(CCCCCCO)C(C(=O)N(CC=C)C3CCCCC3)C23CC[C@]1(C)S3. The molecular weight excluding hydrogens is 522 g/mol. The van der Waals surface area contributed by atoms with Crippen molar-refractivity contribution < 1.29 is 19.5 Å². The fourth-order valence-corrected chi connectivity index (χ4v) is 10.4. The maximum absolute atomic E-state index is 14.7. The Hall–Kier alpha value is -1.80. The Bertz CT molecular complexity index is 952. The van der Waals surface area contributed by atoms with Gasteiger partial charge in [0.05, 0.1) is 16.6 Å². The second kappa shape index (κ2) is 13.5. The molecule has 224 valence electrons. The lowest BCUT2D eigenvalue weighted by atomic mass is 9.66. The third kappa shape index (κ3) is 5.64. The van der Waals surface area contributed by atoms with Gasteiger partial charge in [-0.2, -0.15) is 0 Å². The number of hydrogen-bond donors (Lipinski definition) is 1. The Kier molecular flexibility index (Phi) is 10.5. The normalized spacial score (nSPS) is 31.3. The molecule has 0 radical (unpaired) electrons. The van der Waals surface area contributed by atoms with E-state index in [0.717, 1.165) is 70.6 Å². The summed E-state index contributed by atoms with van der Waals surface area (Å²) in [5.41, 5.74) is 0. The molecule has 4 aliphatic rings. The number of carbonyl (C=O) groups excluding carboxylic acids is 3. The van der Waals surface area contributed by atoms with Crippen LogP contribution in [0.4, 0.5) is 0 Å². The average Bonchev–Trinajstić information content (AvgIpc) is 3.52. The summed E-state index contributed by atoms with van der Waals surface area (Å²) in [6.45, 7) is 14.4. The number of nitrogens with zero attached hydrogens (tertiary/aromatic N) is 3. The molecular formula is C32H51N3O4S. The predicted molar refractivity (Wildman–Crippen MR) is 162 cm³/mol. The first kappa shape index (κ1) is 31.1. The quantitative estimate of drug-likeness (QED) is 0.225. The molecule has 7 nitrogen and oxygen atoms in total. The first-order valence-corrected chi connectivity index (χ1v) is 16.5. The molecule has 3 heterocycles. The van der Waals surface area contributed by atoms with Crippen molar-refractivity contribution in [1.82, 2.24) is 14.7 Å². The molecule has 0 aromatic carbocycles. The molecule has 1 aliphatic carbocycles. The Labute approximate surface area is 245 Å². The maximum Gasteiger partial charge on any atom is 0.247 e. The minimum absolute atomic E-state index is 0.00738. The van der Waals surface area contributed by atoms with E-state index in [4.69, 9.17) is 0 Å². The summed E-state index contributed by atoms with van der Waals surface area (Å²) in [5, 5.41) is 9.21. The zero-order valence-corrected chi connectivity index (χ0v) is 25.6. The molecule has 3 saturated heterocycles. The number of unbranched alkanes of at least 4 members (excludes halogenated alkanes) is 3. The zero-order chi connectivity index (χ0) is 28.9. The lowest BCUT2D eigenvalue weighted by molar-refractivity contribution is -0.146. The highest BCUT2D eigenvalue weighted by atomic mass is 32.2. The van der Waals surface area contributed by atoms with Crippen LogP contribution in [0.1, 0.15) is 90.9 Å². The minimum atomic E-state index is -0.575. The summed E-state index contributed by atoms with van der Waals surface area (Å²) in [6.07, 6.45) is 14.9. The largest absolute Gasteiger partial charge is 0.396 e. The molecule has 2 unspecified atom stereocenters. The monoisotopic (exact) mass is 573 g/mol. The van der Waals surface area contributed by atoms with E-state index in [1.165, 1.54) is 6.42 Å². The summed E-state index contributed by atoms with van der Waals surface area (Å²) in [7, 11) is 0. The van der Waals surface area contributed by atoms with Crippen LogP contribution in [0.2, 0.25) is 0 Å². The smallest absolute Gasteiger partial charge is 0.247 e. The summed E-state index contributed by atoms with van der Waals surface area (Å²) >= 11 is 1.77. The van der Waals surface area contributed by atoms with Crippen molar-refractivity contribution in [3.8, 4) is 0 Å². The van der Waals surface area contributed by atoms with Gasteiger partial charge in [-0.25, -0.2) is 0 Å². The standard InChI is InChI=1S/C32H51N3O4S/c1-5-19-33(20-6-2)28(37)25-26-29(38)35(22-13-8-9-14-23-36)27(32(26)18-17-31(25,4)40-32)30(39)34(21-7-3)24-15-11-10-12-16-24/h5,7,24-27,36H,1,3,6,8-23H2,2,4H3/t25-,26+,27?,31+,32?/m1/s1. The van der Waals surface area contributed by atoms with Crippen LogP contribution < -0.4 is 0 Å². The summed E-state index contributed by atoms with van der Waals surface area (Å²) in [4.78, 5) is 49.1. The van der Waals surface area contributed by atoms with E-state index < -0.39 is 22.6 Å². The molecule has 0 aromatic rings. The first-order chi connectivity index (χ1) is 19.3. The molecule has 1 spiro atoms. The van der Waals surface area contributed by atoms with Crippen molar-refractivity contribution in [2.75, 3.05) is 32.8 Å². The highest BCUT2D eigenvalue weighted by molar-refractivity contribution is 8.02. The lowest BCUT2D eigenvalue weighted by Crippen LogP contribution is -2.57. The van der Waals surface area contributed by atoms with Crippen molar-refractivity contribution >= 4 is 29.5 Å². The number of carbonyl (C=O) groups is 3. The fraction of sp³-hybridized carbons (Fsp3) is 0.781. The molecule has 1 N–H and O–H groups in total. The van der Waals surface area contributed by atoms with Gasteiger partial charge in [0.25, 0.3) is 0 Å². The van der Waals surface area contributed by atoms with Crippen LogP contribution in [-0.4, -0.2) is 91.9 Å². The van der Waals surface area contributed by atoms with Gasteiger partial charge in [0.15, 0.2) is 0 Å². The number of hydrogen-bond acceptors (Lipinski definition) is 5. The molecule has 2 bridgehead atoms. The van der Waals surface area contributed by atoms with Gasteiger partial charge in [-0.3, -0.25) is 14.4 Å². The molecule has 4 fully saturated rings. The van der Waals surface area contributed by atoms with Gasteiger partial charge >= 0.3 is 0 Å². The third-order valence-electron chi connectivity index (χ3n) is 9.86. The number of thioether (sulfide) groups is 1. The van der Waals surface area contributed by atoms with Crippen LogP contribution in [0.25, 0.3) is 0 Å². The average molecular weight is 574 g/mol. The van der Waals surface area contributed by atoms with Crippen LogP contribution in [0.3, 0.4) is 0 Å². The predicted octanol–water partition coefficient (Wildman–Crippen LogP) is 4.79. The number of aliphatic hydroxyl groups excluding tert-OH is 1. The Morgan fingerprint density at radius 3 is 2.40 bits per heavy atom. The second-order valence-corrected chi connectivity index (χ2v) is 14.4. The molecule has 40 heavy (non-hydrogen) atoms. The topological polar surface area (TPSA) is 81.2 Å². The van der Waals surface area contributed by atoms with Crippen molar-refractivity contribution in [2.45, 2.75) is 112 Å². The molecule has 3 amide bonds. The van der Waals surface area contributed by atoms with Crippen molar-refractivity contribution in [3.63, 3.8) is 0 Å². The molecule has 1 saturated carbocycles. The summed E-state index contributed by atoms with van der Waals surface area (Å²) in [6, 6.07) is -0.367. The Morgan fingerprint density at radius 1 is 1.05 bits per heavy atom. The zero-order valence-electron chi connectivity index (χ0n) is 24.8. The molecule has 0 aromatic heterocycles. The number of amides is 3. The lowest BCUT2D eigenvalue weighted by Gasteiger charge is -2.41. The van der Waals surface area contributed by atoms with Gasteiger partial charge in [0, 0.05) is 43.6 Å². The van der Waals surface area contributed by atoms with Crippen LogP contribution in [-0.2, 0) is 14.4 Å². The van der Waals surface area contributed by atoms with Gasteiger partial charge in [0.1, 0.15) is 6.04 Å². The highest BCUT2D eigenvalue weighted by Gasteiger charge is 2.77. The third-order valence-corrected chi connectivity index (χ3v) is 11.8. The number of fused-ring (bicyclic) bond motifs is 1. The molecule has 3 aliphatic heterocycles. The Morgan fingerprint density at radius 2 is 1.75 bits per heavy atom. The molecule has 5 atom stereocenters. The van der Waals surface area contributed by atoms with Crippen molar-refractivity contribution in [1.29, 1.82) is 0 Å². The van der Waals surface area contributed by atoms with Crippen molar-refractivity contribution in [3.05, 3.63) is 25.3 Å². The van der Waals surface area contributed by atoms with E-state index in [2.05, 4.69) is 27.0 Å². The van der Waals surface area contributed by atoms with Gasteiger partial charge in [-0.1, -0.05) is 51.2 Å². The van der Waals surface area contributed by atoms with E-state index >= 15 is 0 Å². The van der Waals surface area contributed by atoms with E-state index in [9.17, 15) is 19.5 Å². The number of aliphatic hydroxyl groups is 1. The Balaban J connectivity index is 1.70. The maximum atomic E-state index is 14.7. The summed E-state index contributed by atoms with van der Waals surface area (Å²) in [5.74, 6) is -0.812. The fourth-order valence-electron chi connectivity index (χ4n) is 8.09. The van der Waals surface area contributed by atoms with Crippen LogP contribution in [0, 0.1) is 11.8 Å². The van der Waals surface area contributed by atoms with Crippen LogP contribution in [0.5, 0.6) is 0 Å². The second-order valence-electron chi connectivity index (χ2n) is 12.5. The molecule has 8 heteroatoms. The van der Waals surface area contributed by atoms with E-state index in [-0.39, 0.29) is 35.1 Å². The summed E-state index contributed by atoms with van der Waals surface area (Å²) < 4.78 is -0.932.